The Morgan fingerprint density at radius 1 is 0.964 bits per heavy atom. The van der Waals surface area contributed by atoms with E-state index < -0.39 is 0 Å². The van der Waals surface area contributed by atoms with Crippen molar-refractivity contribution in [2.45, 2.75) is 19.8 Å². The summed E-state index contributed by atoms with van der Waals surface area (Å²) in [5.74, 6) is 3.18. The highest BCUT2D eigenvalue weighted by molar-refractivity contribution is 14.0. The molecule has 6 nitrogen and oxygen atoms in total. The summed E-state index contributed by atoms with van der Waals surface area (Å²) < 4.78 is 16.1. The Hall–Kier alpha value is -2.16. The first kappa shape index (κ1) is 23.9. The first-order valence-electron chi connectivity index (χ1n) is 9.03. The molecule has 154 valence electrons. The number of halogens is 1. The maximum absolute atomic E-state index is 5.46. The number of nitrogens with one attached hydrogen (secondary N) is 2. The van der Waals surface area contributed by atoms with Crippen molar-refractivity contribution in [2.75, 3.05) is 39.7 Å². The number of aliphatic imine (C=N–C) groups is 1. The minimum Gasteiger partial charge on any atom is -0.496 e. The van der Waals surface area contributed by atoms with Gasteiger partial charge in [0.2, 0.25) is 0 Å². The molecular formula is C21H30IN3O3. The van der Waals surface area contributed by atoms with Crippen LogP contribution in [0.3, 0.4) is 0 Å². The number of hydrogen-bond acceptors (Lipinski definition) is 4. The Morgan fingerprint density at radius 2 is 1.64 bits per heavy atom. The van der Waals surface area contributed by atoms with E-state index in [9.17, 15) is 0 Å². The van der Waals surface area contributed by atoms with Crippen LogP contribution in [0.25, 0.3) is 0 Å². The molecule has 1 atom stereocenters. The van der Waals surface area contributed by atoms with E-state index in [0.717, 1.165) is 23.5 Å². The van der Waals surface area contributed by atoms with Gasteiger partial charge in [0.25, 0.3) is 0 Å². The lowest BCUT2D eigenvalue weighted by molar-refractivity contribution is 0.355. The fourth-order valence-electron chi connectivity index (χ4n) is 2.76. The van der Waals surface area contributed by atoms with E-state index in [4.69, 9.17) is 19.2 Å². The van der Waals surface area contributed by atoms with E-state index in [0.29, 0.717) is 24.0 Å². The van der Waals surface area contributed by atoms with Gasteiger partial charge < -0.3 is 24.8 Å². The SMILES string of the molecule is CCNC(=NCC(C)c1ccccc1OC)Nc1ccc(OC)c(OC)c1.I. The van der Waals surface area contributed by atoms with Crippen LogP contribution in [0.5, 0.6) is 17.2 Å². The Labute approximate surface area is 184 Å². The zero-order valence-electron chi connectivity index (χ0n) is 17.1. The van der Waals surface area contributed by atoms with E-state index in [1.54, 1.807) is 21.3 Å². The molecule has 2 rings (SSSR count). The molecular weight excluding hydrogens is 469 g/mol. The molecule has 0 fully saturated rings. The van der Waals surface area contributed by atoms with Gasteiger partial charge in [0.15, 0.2) is 17.5 Å². The van der Waals surface area contributed by atoms with Crippen LogP contribution >= 0.6 is 24.0 Å². The highest BCUT2D eigenvalue weighted by atomic mass is 127. The van der Waals surface area contributed by atoms with Gasteiger partial charge in [-0.25, -0.2) is 0 Å². The summed E-state index contributed by atoms with van der Waals surface area (Å²) >= 11 is 0. The van der Waals surface area contributed by atoms with Crippen LogP contribution in [0.1, 0.15) is 25.3 Å². The molecule has 0 saturated carbocycles. The van der Waals surface area contributed by atoms with Gasteiger partial charge in [-0.1, -0.05) is 25.1 Å². The number of nitrogens with zero attached hydrogens (tertiary/aromatic N) is 1. The quantitative estimate of drug-likeness (QED) is 0.318. The molecule has 2 N–H and O–H groups in total. The van der Waals surface area contributed by atoms with Crippen molar-refractivity contribution in [3.05, 3.63) is 48.0 Å². The molecule has 28 heavy (non-hydrogen) atoms. The summed E-state index contributed by atoms with van der Waals surface area (Å²) in [6, 6.07) is 13.7. The van der Waals surface area contributed by atoms with E-state index in [1.165, 1.54) is 0 Å². The zero-order chi connectivity index (χ0) is 19.6. The number of anilines is 1. The third kappa shape index (κ3) is 6.47. The maximum Gasteiger partial charge on any atom is 0.195 e. The number of rotatable bonds is 8. The van der Waals surface area contributed by atoms with Crippen molar-refractivity contribution in [1.82, 2.24) is 5.32 Å². The molecule has 0 aliphatic heterocycles. The molecule has 0 bridgehead atoms. The predicted molar refractivity (Wildman–Crippen MR) is 126 cm³/mol. The number of para-hydroxylation sites is 1. The summed E-state index contributed by atoms with van der Waals surface area (Å²) in [6.07, 6.45) is 0. The number of methoxy groups -OCH3 is 3. The lowest BCUT2D eigenvalue weighted by atomic mass is 10.0. The summed E-state index contributed by atoms with van der Waals surface area (Å²) in [6.45, 7) is 5.57. The van der Waals surface area contributed by atoms with Gasteiger partial charge in [0.05, 0.1) is 21.3 Å². The monoisotopic (exact) mass is 499 g/mol. The summed E-state index contributed by atoms with van der Waals surface area (Å²) in [4.78, 5) is 4.73. The Kier molecular flexibility index (Phi) is 10.5. The number of ether oxygens (including phenoxy) is 3. The fraction of sp³-hybridized carbons (Fsp3) is 0.381. The van der Waals surface area contributed by atoms with Gasteiger partial charge in [0, 0.05) is 30.8 Å². The smallest absolute Gasteiger partial charge is 0.195 e. The Balaban J connectivity index is 0.00000392. The molecule has 0 spiro atoms. The van der Waals surface area contributed by atoms with E-state index in [2.05, 4.69) is 23.6 Å². The minimum atomic E-state index is 0. The normalized spacial score (nSPS) is 11.8. The van der Waals surface area contributed by atoms with Crippen molar-refractivity contribution >= 4 is 35.6 Å². The average molecular weight is 499 g/mol. The first-order chi connectivity index (χ1) is 13.1. The summed E-state index contributed by atoms with van der Waals surface area (Å²) in [5, 5.41) is 6.58. The molecule has 0 amide bonds. The van der Waals surface area contributed by atoms with Crippen LogP contribution in [0.2, 0.25) is 0 Å². The first-order valence-corrected chi connectivity index (χ1v) is 9.03. The summed E-state index contributed by atoms with van der Waals surface area (Å²) in [7, 11) is 4.93. The van der Waals surface area contributed by atoms with Crippen LogP contribution in [-0.2, 0) is 0 Å². The molecule has 0 saturated heterocycles. The third-order valence-corrected chi connectivity index (χ3v) is 4.18. The molecule has 0 radical (unpaired) electrons. The summed E-state index contributed by atoms with van der Waals surface area (Å²) in [5.41, 5.74) is 2.02. The van der Waals surface area contributed by atoms with E-state index in [-0.39, 0.29) is 29.9 Å². The number of hydrogen-bond donors (Lipinski definition) is 2. The molecule has 2 aromatic carbocycles. The van der Waals surface area contributed by atoms with Crippen molar-refractivity contribution in [2.24, 2.45) is 4.99 Å². The van der Waals surface area contributed by atoms with Crippen LogP contribution in [0.4, 0.5) is 5.69 Å². The lowest BCUT2D eigenvalue weighted by Gasteiger charge is -2.16. The van der Waals surface area contributed by atoms with Gasteiger partial charge in [-0.05, 0) is 30.7 Å². The fourth-order valence-corrected chi connectivity index (χ4v) is 2.76. The zero-order valence-corrected chi connectivity index (χ0v) is 19.4. The minimum absolute atomic E-state index is 0. The van der Waals surface area contributed by atoms with Crippen LogP contribution in [0, 0.1) is 0 Å². The second-order valence-electron chi connectivity index (χ2n) is 6.06. The maximum atomic E-state index is 5.46. The molecule has 7 heteroatoms. The van der Waals surface area contributed by atoms with Crippen molar-refractivity contribution < 1.29 is 14.2 Å². The Bertz CT molecular complexity index is 768. The predicted octanol–water partition coefficient (Wildman–Crippen LogP) is 4.51. The lowest BCUT2D eigenvalue weighted by Crippen LogP contribution is -2.31. The molecule has 1 unspecified atom stereocenters. The topological polar surface area (TPSA) is 64.1 Å². The second kappa shape index (κ2) is 12.3. The molecule has 0 aliphatic rings. The van der Waals surface area contributed by atoms with Gasteiger partial charge in [-0.2, -0.15) is 0 Å². The average Bonchev–Trinajstić information content (AvgIpc) is 2.71. The van der Waals surface area contributed by atoms with Crippen LogP contribution in [-0.4, -0.2) is 40.4 Å². The Morgan fingerprint density at radius 3 is 2.29 bits per heavy atom. The molecule has 0 aromatic heterocycles. The van der Waals surface area contributed by atoms with Crippen molar-refractivity contribution in [3.63, 3.8) is 0 Å². The van der Waals surface area contributed by atoms with E-state index >= 15 is 0 Å². The standard InChI is InChI=1S/C21H29N3O3.HI/c1-6-22-21(24-16-11-12-19(26-4)20(13-16)27-5)23-14-15(2)17-9-7-8-10-18(17)25-3;/h7-13,15H,6,14H2,1-5H3,(H2,22,23,24);1H. The highest BCUT2D eigenvalue weighted by Crippen LogP contribution is 2.30. The molecule has 0 heterocycles. The number of guanidine groups is 1. The molecule has 2 aromatic rings. The number of benzene rings is 2. The van der Waals surface area contributed by atoms with Crippen molar-refractivity contribution in [3.8, 4) is 17.2 Å². The van der Waals surface area contributed by atoms with Crippen LogP contribution < -0.4 is 24.8 Å². The largest absolute Gasteiger partial charge is 0.496 e. The van der Waals surface area contributed by atoms with Gasteiger partial charge >= 0.3 is 0 Å². The van der Waals surface area contributed by atoms with Crippen LogP contribution in [0.15, 0.2) is 47.5 Å². The van der Waals surface area contributed by atoms with E-state index in [1.807, 2.05) is 43.3 Å². The van der Waals surface area contributed by atoms with Gasteiger partial charge in [-0.3, -0.25) is 4.99 Å². The van der Waals surface area contributed by atoms with Crippen molar-refractivity contribution in [1.29, 1.82) is 0 Å². The second-order valence-corrected chi connectivity index (χ2v) is 6.06. The highest BCUT2D eigenvalue weighted by Gasteiger charge is 2.11. The van der Waals surface area contributed by atoms with Gasteiger partial charge in [-0.15, -0.1) is 24.0 Å². The molecule has 0 aliphatic carbocycles. The van der Waals surface area contributed by atoms with Gasteiger partial charge in [0.1, 0.15) is 5.75 Å². The third-order valence-electron chi connectivity index (χ3n) is 4.18.